The third-order valence-corrected chi connectivity index (χ3v) is 2.60. The number of nitrogens with zero attached hydrogens (tertiary/aromatic N) is 1. The summed E-state index contributed by atoms with van der Waals surface area (Å²) in [6.07, 6.45) is 3.37. The molecule has 0 bridgehead atoms. The standard InChI is InChI=1S/C12H11BrN2O/c13-10-4-3-9(7-14)12(6-10)16-11-2-1-5-15-8-11/h1-6,8H,7,14H2. The Bertz CT molecular complexity index is 474. The van der Waals surface area contributed by atoms with Crippen molar-refractivity contribution in [1.29, 1.82) is 0 Å². The van der Waals surface area contributed by atoms with E-state index in [1.807, 2.05) is 30.3 Å². The van der Waals surface area contributed by atoms with Gasteiger partial charge >= 0.3 is 0 Å². The molecule has 4 heteroatoms. The van der Waals surface area contributed by atoms with Gasteiger partial charge in [-0.1, -0.05) is 22.0 Å². The predicted octanol–water partition coefficient (Wildman–Crippen LogP) is 3.10. The zero-order valence-electron chi connectivity index (χ0n) is 8.56. The molecule has 2 aromatic rings. The lowest BCUT2D eigenvalue weighted by atomic mass is 10.2. The van der Waals surface area contributed by atoms with Crippen LogP contribution in [0.3, 0.4) is 0 Å². The lowest BCUT2D eigenvalue weighted by Crippen LogP contribution is -1.99. The van der Waals surface area contributed by atoms with E-state index in [0.29, 0.717) is 12.3 Å². The molecule has 1 aromatic heterocycles. The van der Waals surface area contributed by atoms with E-state index < -0.39 is 0 Å². The van der Waals surface area contributed by atoms with E-state index in [2.05, 4.69) is 20.9 Å². The number of halogens is 1. The van der Waals surface area contributed by atoms with Gasteiger partial charge in [0.25, 0.3) is 0 Å². The van der Waals surface area contributed by atoms with E-state index in [1.165, 1.54) is 0 Å². The quantitative estimate of drug-likeness (QED) is 0.939. The molecule has 0 fully saturated rings. The molecule has 0 amide bonds. The number of aromatic nitrogens is 1. The monoisotopic (exact) mass is 278 g/mol. The molecule has 0 saturated carbocycles. The lowest BCUT2D eigenvalue weighted by Gasteiger charge is -2.09. The summed E-state index contributed by atoms with van der Waals surface area (Å²) in [5, 5.41) is 0. The van der Waals surface area contributed by atoms with Gasteiger partial charge in [-0.2, -0.15) is 0 Å². The Labute approximate surface area is 102 Å². The number of pyridine rings is 1. The Morgan fingerprint density at radius 1 is 1.31 bits per heavy atom. The van der Waals surface area contributed by atoms with Crippen LogP contribution in [0.25, 0.3) is 0 Å². The average Bonchev–Trinajstić information content (AvgIpc) is 2.31. The number of hydrogen-bond acceptors (Lipinski definition) is 3. The van der Waals surface area contributed by atoms with E-state index in [0.717, 1.165) is 15.8 Å². The molecular formula is C12H11BrN2O. The van der Waals surface area contributed by atoms with E-state index in [1.54, 1.807) is 12.4 Å². The minimum Gasteiger partial charge on any atom is -0.455 e. The highest BCUT2D eigenvalue weighted by molar-refractivity contribution is 9.10. The van der Waals surface area contributed by atoms with Gasteiger partial charge in [0.1, 0.15) is 11.5 Å². The maximum atomic E-state index is 5.71. The first kappa shape index (κ1) is 11.1. The Hall–Kier alpha value is -1.39. The largest absolute Gasteiger partial charge is 0.455 e. The molecule has 0 aliphatic rings. The van der Waals surface area contributed by atoms with Crippen LogP contribution >= 0.6 is 15.9 Å². The van der Waals surface area contributed by atoms with Gasteiger partial charge in [-0.05, 0) is 24.3 Å². The third-order valence-electron chi connectivity index (χ3n) is 2.11. The second-order valence-electron chi connectivity index (χ2n) is 3.25. The maximum absolute atomic E-state index is 5.71. The van der Waals surface area contributed by atoms with Gasteiger partial charge in [-0.3, -0.25) is 4.98 Å². The van der Waals surface area contributed by atoms with Gasteiger partial charge in [-0.15, -0.1) is 0 Å². The van der Waals surface area contributed by atoms with E-state index in [9.17, 15) is 0 Å². The van der Waals surface area contributed by atoms with E-state index in [-0.39, 0.29) is 0 Å². The Morgan fingerprint density at radius 2 is 2.19 bits per heavy atom. The van der Waals surface area contributed by atoms with Crippen LogP contribution in [0.1, 0.15) is 5.56 Å². The number of rotatable bonds is 3. The molecule has 16 heavy (non-hydrogen) atoms. The summed E-state index contributed by atoms with van der Waals surface area (Å²) in [4.78, 5) is 3.99. The summed E-state index contributed by atoms with van der Waals surface area (Å²) in [5.74, 6) is 1.46. The maximum Gasteiger partial charge on any atom is 0.145 e. The van der Waals surface area contributed by atoms with Crippen molar-refractivity contribution in [1.82, 2.24) is 4.98 Å². The van der Waals surface area contributed by atoms with E-state index in [4.69, 9.17) is 10.5 Å². The summed E-state index contributed by atoms with van der Waals surface area (Å²) < 4.78 is 6.67. The fourth-order valence-electron chi connectivity index (χ4n) is 1.33. The predicted molar refractivity (Wildman–Crippen MR) is 66.3 cm³/mol. The van der Waals surface area contributed by atoms with Crippen LogP contribution < -0.4 is 10.5 Å². The minimum atomic E-state index is 0.447. The first-order chi connectivity index (χ1) is 7.79. The second kappa shape index (κ2) is 5.09. The molecular weight excluding hydrogens is 268 g/mol. The number of nitrogens with two attached hydrogens (primary N) is 1. The minimum absolute atomic E-state index is 0.447. The molecule has 0 atom stereocenters. The first-order valence-electron chi connectivity index (χ1n) is 4.86. The van der Waals surface area contributed by atoms with Crippen molar-refractivity contribution in [2.24, 2.45) is 5.73 Å². The highest BCUT2D eigenvalue weighted by atomic mass is 79.9. The Morgan fingerprint density at radius 3 is 2.88 bits per heavy atom. The summed E-state index contributed by atoms with van der Waals surface area (Å²) in [5.41, 5.74) is 6.61. The number of benzene rings is 1. The molecule has 0 aliphatic carbocycles. The van der Waals surface area contributed by atoms with Crippen LogP contribution in [0.2, 0.25) is 0 Å². The second-order valence-corrected chi connectivity index (χ2v) is 4.16. The van der Waals surface area contributed by atoms with Crippen molar-refractivity contribution in [3.05, 3.63) is 52.8 Å². The molecule has 1 heterocycles. The van der Waals surface area contributed by atoms with Crippen molar-refractivity contribution >= 4 is 15.9 Å². The van der Waals surface area contributed by atoms with Crippen molar-refractivity contribution in [3.63, 3.8) is 0 Å². The Kier molecular flexibility index (Phi) is 3.54. The van der Waals surface area contributed by atoms with Crippen LogP contribution in [0.15, 0.2) is 47.2 Å². The van der Waals surface area contributed by atoms with Gasteiger partial charge in [0.05, 0.1) is 6.20 Å². The summed E-state index contributed by atoms with van der Waals surface area (Å²) >= 11 is 3.40. The highest BCUT2D eigenvalue weighted by Crippen LogP contribution is 2.27. The number of hydrogen-bond donors (Lipinski definition) is 1. The molecule has 1 aromatic carbocycles. The molecule has 2 N–H and O–H groups in total. The van der Waals surface area contributed by atoms with Crippen LogP contribution in [0.5, 0.6) is 11.5 Å². The molecule has 0 unspecified atom stereocenters. The zero-order valence-corrected chi connectivity index (χ0v) is 10.1. The van der Waals surface area contributed by atoms with Crippen molar-refractivity contribution in [2.45, 2.75) is 6.54 Å². The Balaban J connectivity index is 2.30. The van der Waals surface area contributed by atoms with Crippen molar-refractivity contribution in [2.75, 3.05) is 0 Å². The van der Waals surface area contributed by atoms with Gasteiger partial charge in [0, 0.05) is 22.8 Å². The van der Waals surface area contributed by atoms with Crippen LogP contribution in [0.4, 0.5) is 0 Å². The van der Waals surface area contributed by atoms with Gasteiger partial charge < -0.3 is 10.5 Å². The van der Waals surface area contributed by atoms with Crippen molar-refractivity contribution in [3.8, 4) is 11.5 Å². The summed E-state index contributed by atoms with van der Waals surface area (Å²) in [6, 6.07) is 9.47. The van der Waals surface area contributed by atoms with Crippen LogP contribution in [-0.2, 0) is 6.54 Å². The summed E-state index contributed by atoms with van der Waals surface area (Å²) in [7, 11) is 0. The van der Waals surface area contributed by atoms with Gasteiger partial charge in [0.15, 0.2) is 0 Å². The molecule has 82 valence electrons. The fraction of sp³-hybridized carbons (Fsp3) is 0.0833. The number of ether oxygens (including phenoxy) is 1. The van der Waals surface area contributed by atoms with Crippen LogP contribution in [0, 0.1) is 0 Å². The molecule has 0 aliphatic heterocycles. The van der Waals surface area contributed by atoms with Gasteiger partial charge in [-0.25, -0.2) is 0 Å². The normalized spacial score (nSPS) is 10.1. The topological polar surface area (TPSA) is 48.1 Å². The first-order valence-corrected chi connectivity index (χ1v) is 5.65. The molecule has 0 saturated heterocycles. The van der Waals surface area contributed by atoms with Crippen molar-refractivity contribution < 1.29 is 4.74 Å². The summed E-state index contributed by atoms with van der Waals surface area (Å²) in [6.45, 7) is 0.447. The fourth-order valence-corrected chi connectivity index (χ4v) is 1.67. The lowest BCUT2D eigenvalue weighted by molar-refractivity contribution is 0.474. The van der Waals surface area contributed by atoms with Gasteiger partial charge in [0.2, 0.25) is 0 Å². The molecule has 0 spiro atoms. The third kappa shape index (κ3) is 2.59. The molecule has 0 radical (unpaired) electrons. The van der Waals surface area contributed by atoms with E-state index >= 15 is 0 Å². The van der Waals surface area contributed by atoms with Crippen LogP contribution in [-0.4, -0.2) is 4.98 Å². The zero-order chi connectivity index (χ0) is 11.4. The SMILES string of the molecule is NCc1ccc(Br)cc1Oc1cccnc1. The molecule has 3 nitrogen and oxygen atoms in total. The smallest absolute Gasteiger partial charge is 0.145 e. The average molecular weight is 279 g/mol. The molecule has 2 rings (SSSR count). The highest BCUT2D eigenvalue weighted by Gasteiger charge is 2.04.